The fourth-order valence-electron chi connectivity index (χ4n) is 2.09. The Morgan fingerprint density at radius 2 is 1.76 bits per heavy atom. The molecule has 2 rings (SSSR count). The molecule has 5 heteroatoms. The zero-order valence-corrected chi connectivity index (χ0v) is 12.0. The van der Waals surface area contributed by atoms with Gasteiger partial charge in [0.1, 0.15) is 11.4 Å². The third-order valence-electron chi connectivity index (χ3n) is 3.14. The molecule has 0 N–H and O–H groups in total. The van der Waals surface area contributed by atoms with Crippen molar-refractivity contribution in [2.45, 2.75) is 13.3 Å². The third-order valence-corrected chi connectivity index (χ3v) is 3.51. The van der Waals surface area contributed by atoms with Crippen LogP contribution in [0.4, 0.5) is 11.4 Å². The van der Waals surface area contributed by atoms with Gasteiger partial charge in [0.15, 0.2) is 0 Å². The molecule has 0 aliphatic heterocycles. The topological polar surface area (TPSA) is 58.9 Å². The largest absolute Gasteiger partial charge is 0.240 e. The van der Waals surface area contributed by atoms with Crippen LogP contribution in [0.25, 0.3) is 0 Å². The molecule has 0 heterocycles. The second kappa shape index (κ2) is 6.78. The molecule has 0 spiro atoms. The summed E-state index contributed by atoms with van der Waals surface area (Å²) in [5.41, 5.74) is 3.22. The summed E-state index contributed by atoms with van der Waals surface area (Å²) in [6.45, 7) is 1.89. The van der Waals surface area contributed by atoms with Gasteiger partial charge in [-0.3, -0.25) is 0 Å². The lowest BCUT2D eigenvalue weighted by Gasteiger charge is -2.11. The highest BCUT2D eigenvalue weighted by molar-refractivity contribution is 6.31. The number of nitrogens with zero attached hydrogens (tertiary/aromatic N) is 2. The van der Waals surface area contributed by atoms with Crippen molar-refractivity contribution in [3.63, 3.8) is 0 Å². The quantitative estimate of drug-likeness (QED) is 0.628. The number of hydrogen-bond donors (Lipinski definition) is 0. The fourth-order valence-corrected chi connectivity index (χ4v) is 2.29. The van der Waals surface area contributed by atoms with E-state index in [-0.39, 0.29) is 0 Å². The summed E-state index contributed by atoms with van der Waals surface area (Å²) >= 11 is 6.16. The molecule has 0 bridgehead atoms. The molecule has 0 saturated heterocycles. The van der Waals surface area contributed by atoms with Crippen molar-refractivity contribution >= 4 is 35.1 Å². The highest BCUT2D eigenvalue weighted by Gasteiger charge is 2.13. The van der Waals surface area contributed by atoms with E-state index >= 15 is 0 Å². The van der Waals surface area contributed by atoms with Crippen LogP contribution >= 0.6 is 11.6 Å². The number of isocyanates is 2. The van der Waals surface area contributed by atoms with Gasteiger partial charge in [-0.25, -0.2) is 9.59 Å². The molecule has 0 atom stereocenters. The van der Waals surface area contributed by atoms with Gasteiger partial charge in [-0.05, 0) is 35.7 Å². The number of aryl methyl sites for hydroxylation is 1. The Balaban J connectivity index is 2.61. The molecule has 0 saturated carbocycles. The molecule has 0 unspecified atom stereocenters. The van der Waals surface area contributed by atoms with Crippen molar-refractivity contribution in [2.24, 2.45) is 9.98 Å². The lowest BCUT2D eigenvalue weighted by molar-refractivity contribution is 0.564. The molecule has 0 aliphatic carbocycles. The molecule has 2 aromatic carbocycles. The minimum atomic E-state index is 0.293. The number of aliphatic imine (C=N–C) groups is 2. The van der Waals surface area contributed by atoms with Crippen LogP contribution in [0.3, 0.4) is 0 Å². The Morgan fingerprint density at radius 3 is 2.43 bits per heavy atom. The lowest BCUT2D eigenvalue weighted by atomic mass is 9.97. The molecule has 0 aliphatic rings. The molecule has 104 valence electrons. The van der Waals surface area contributed by atoms with Crippen LogP contribution in [0.2, 0.25) is 5.02 Å². The summed E-state index contributed by atoms with van der Waals surface area (Å²) in [7, 11) is 0. The van der Waals surface area contributed by atoms with Crippen LogP contribution < -0.4 is 0 Å². The van der Waals surface area contributed by atoms with Gasteiger partial charge in [0.2, 0.25) is 12.2 Å². The van der Waals surface area contributed by atoms with Crippen LogP contribution in [0.1, 0.15) is 16.7 Å². The maximum atomic E-state index is 10.7. The molecule has 4 nitrogen and oxygen atoms in total. The molecule has 21 heavy (non-hydrogen) atoms. The smallest absolute Gasteiger partial charge is 0.211 e. The first-order valence-corrected chi connectivity index (χ1v) is 6.56. The van der Waals surface area contributed by atoms with Crippen LogP contribution in [0.5, 0.6) is 0 Å². The summed E-state index contributed by atoms with van der Waals surface area (Å²) in [5.74, 6) is 0. The standard InChI is InChI=1S/C16H11ClN2O2/c1-11-6-7-15(18-9-20)16(19-10-21)13(11)8-12-4-2-3-5-14(12)17/h2-7H,8H2,1H3. The Bertz CT molecular complexity index is 774. The van der Waals surface area contributed by atoms with Gasteiger partial charge in [-0.1, -0.05) is 35.9 Å². The van der Waals surface area contributed by atoms with E-state index in [1.165, 1.54) is 12.2 Å². The molecule has 0 amide bonds. The maximum absolute atomic E-state index is 10.7. The molecular formula is C16H11ClN2O2. The van der Waals surface area contributed by atoms with E-state index in [2.05, 4.69) is 9.98 Å². The van der Waals surface area contributed by atoms with Crippen molar-refractivity contribution in [2.75, 3.05) is 0 Å². The normalized spacial score (nSPS) is 9.62. The maximum Gasteiger partial charge on any atom is 0.240 e. The van der Waals surface area contributed by atoms with E-state index < -0.39 is 0 Å². The van der Waals surface area contributed by atoms with Crippen LogP contribution in [0, 0.1) is 6.92 Å². The average Bonchev–Trinajstić information content (AvgIpc) is 2.48. The Kier molecular flexibility index (Phi) is 4.81. The summed E-state index contributed by atoms with van der Waals surface area (Å²) < 4.78 is 0. The first kappa shape index (κ1) is 14.9. The van der Waals surface area contributed by atoms with Crippen molar-refractivity contribution in [1.82, 2.24) is 0 Å². The second-order valence-electron chi connectivity index (χ2n) is 4.40. The van der Waals surface area contributed by atoms with E-state index in [1.54, 1.807) is 12.1 Å². The molecular weight excluding hydrogens is 288 g/mol. The highest BCUT2D eigenvalue weighted by Crippen LogP contribution is 2.35. The predicted molar refractivity (Wildman–Crippen MR) is 81.0 cm³/mol. The van der Waals surface area contributed by atoms with Crippen molar-refractivity contribution in [3.05, 3.63) is 58.1 Å². The van der Waals surface area contributed by atoms with Crippen LogP contribution in [-0.2, 0) is 16.0 Å². The molecule has 0 fully saturated rings. The Morgan fingerprint density at radius 1 is 1.05 bits per heavy atom. The van der Waals surface area contributed by atoms with Crippen molar-refractivity contribution < 1.29 is 9.59 Å². The monoisotopic (exact) mass is 298 g/mol. The number of rotatable bonds is 4. The van der Waals surface area contributed by atoms with E-state index in [0.717, 1.165) is 16.7 Å². The zero-order chi connectivity index (χ0) is 15.2. The first-order chi connectivity index (χ1) is 10.2. The number of benzene rings is 2. The van der Waals surface area contributed by atoms with Gasteiger partial charge in [0.25, 0.3) is 0 Å². The Hall–Kier alpha value is -2.51. The van der Waals surface area contributed by atoms with Gasteiger partial charge in [0.05, 0.1) is 0 Å². The van der Waals surface area contributed by atoms with E-state index in [9.17, 15) is 9.59 Å². The van der Waals surface area contributed by atoms with Gasteiger partial charge in [-0.2, -0.15) is 9.98 Å². The van der Waals surface area contributed by atoms with E-state index in [4.69, 9.17) is 11.6 Å². The average molecular weight is 299 g/mol. The summed E-state index contributed by atoms with van der Waals surface area (Å²) in [5, 5.41) is 0.627. The molecule has 0 radical (unpaired) electrons. The van der Waals surface area contributed by atoms with Gasteiger partial charge < -0.3 is 0 Å². The summed E-state index contributed by atoms with van der Waals surface area (Å²) in [4.78, 5) is 28.4. The zero-order valence-electron chi connectivity index (χ0n) is 11.3. The van der Waals surface area contributed by atoms with E-state index in [0.29, 0.717) is 22.8 Å². The molecule has 0 aromatic heterocycles. The minimum Gasteiger partial charge on any atom is -0.211 e. The van der Waals surface area contributed by atoms with Gasteiger partial charge in [-0.15, -0.1) is 0 Å². The van der Waals surface area contributed by atoms with Gasteiger partial charge in [0, 0.05) is 11.4 Å². The summed E-state index contributed by atoms with van der Waals surface area (Å²) in [6, 6.07) is 10.8. The Labute approximate surface area is 126 Å². The number of carbonyl (C=O) groups excluding carboxylic acids is 2. The van der Waals surface area contributed by atoms with Crippen LogP contribution in [-0.4, -0.2) is 12.2 Å². The summed E-state index contributed by atoms with van der Waals surface area (Å²) in [6.07, 6.45) is 3.45. The van der Waals surface area contributed by atoms with Crippen LogP contribution in [0.15, 0.2) is 46.4 Å². The minimum absolute atomic E-state index is 0.293. The predicted octanol–water partition coefficient (Wildman–Crippen LogP) is 4.17. The molecule has 2 aromatic rings. The fraction of sp³-hybridized carbons (Fsp3) is 0.125. The first-order valence-electron chi connectivity index (χ1n) is 6.19. The van der Waals surface area contributed by atoms with E-state index in [1.807, 2.05) is 31.2 Å². The lowest BCUT2D eigenvalue weighted by Crippen LogP contribution is -1.94. The SMILES string of the molecule is Cc1ccc(N=C=O)c(N=C=O)c1Cc1ccccc1Cl. The number of hydrogen-bond acceptors (Lipinski definition) is 4. The van der Waals surface area contributed by atoms with Crippen molar-refractivity contribution in [3.8, 4) is 0 Å². The highest BCUT2D eigenvalue weighted by atomic mass is 35.5. The van der Waals surface area contributed by atoms with Crippen molar-refractivity contribution in [1.29, 1.82) is 0 Å². The van der Waals surface area contributed by atoms with Gasteiger partial charge >= 0.3 is 0 Å². The second-order valence-corrected chi connectivity index (χ2v) is 4.81. The number of halogens is 1. The third kappa shape index (κ3) is 3.33.